The van der Waals surface area contributed by atoms with Crippen LogP contribution in [0.2, 0.25) is 0 Å². The van der Waals surface area contributed by atoms with Crippen LogP contribution in [0, 0.1) is 6.92 Å². The lowest BCUT2D eigenvalue weighted by Crippen LogP contribution is -2.16. The molecule has 0 aliphatic carbocycles. The summed E-state index contributed by atoms with van der Waals surface area (Å²) in [5.41, 5.74) is 3.99. The lowest BCUT2D eigenvalue weighted by molar-refractivity contribution is 0.0976. The van der Waals surface area contributed by atoms with Gasteiger partial charge in [0.15, 0.2) is 5.78 Å². The molecule has 1 unspecified atom stereocenters. The number of hydrogen-bond donors (Lipinski definition) is 1. The molecule has 0 aliphatic rings. The minimum absolute atomic E-state index is 0.0902. The second-order valence-corrected chi connectivity index (χ2v) is 6.33. The highest BCUT2D eigenvalue weighted by Gasteiger charge is 2.17. The van der Waals surface area contributed by atoms with Crippen LogP contribution in [0.5, 0.6) is 5.75 Å². The Labute approximate surface area is 154 Å². The van der Waals surface area contributed by atoms with Crippen LogP contribution >= 0.6 is 0 Å². The number of carbonyl (C=O) groups excluding carboxylic acids is 1. The van der Waals surface area contributed by atoms with Gasteiger partial charge >= 0.3 is 0 Å². The van der Waals surface area contributed by atoms with Gasteiger partial charge in [-0.1, -0.05) is 48.0 Å². The van der Waals surface area contributed by atoms with E-state index in [1.165, 1.54) is 5.56 Å². The zero-order valence-electron chi connectivity index (χ0n) is 15.1. The Bertz CT molecular complexity index is 840. The van der Waals surface area contributed by atoms with Crippen LogP contribution in [0.4, 0.5) is 5.69 Å². The van der Waals surface area contributed by atoms with Crippen LogP contribution < -0.4 is 10.1 Å². The van der Waals surface area contributed by atoms with Gasteiger partial charge in [0.2, 0.25) is 0 Å². The van der Waals surface area contributed by atoms with Gasteiger partial charge in [0.25, 0.3) is 0 Å². The molecule has 0 bridgehead atoms. The number of benzene rings is 3. The molecule has 3 aromatic rings. The van der Waals surface area contributed by atoms with Crippen LogP contribution in [-0.2, 0) is 0 Å². The predicted molar refractivity (Wildman–Crippen MR) is 106 cm³/mol. The van der Waals surface area contributed by atoms with Crippen molar-refractivity contribution in [3.63, 3.8) is 0 Å². The van der Waals surface area contributed by atoms with E-state index in [2.05, 4.69) is 36.5 Å². The van der Waals surface area contributed by atoms with Gasteiger partial charge < -0.3 is 10.1 Å². The van der Waals surface area contributed by atoms with E-state index in [9.17, 15) is 4.79 Å². The molecule has 0 amide bonds. The van der Waals surface area contributed by atoms with Crippen molar-refractivity contribution in [3.8, 4) is 5.75 Å². The summed E-state index contributed by atoms with van der Waals surface area (Å²) in [7, 11) is 1.62. The number of nitrogens with one attached hydrogen (secondary N) is 1. The van der Waals surface area contributed by atoms with Crippen molar-refractivity contribution in [3.05, 3.63) is 95.6 Å². The number of Topliss-reactive ketones (excluding diaryl/α,β-unsaturated/α-hetero) is 1. The molecule has 0 saturated heterocycles. The third-order valence-electron chi connectivity index (χ3n) is 4.40. The molecule has 132 valence electrons. The quantitative estimate of drug-likeness (QED) is 0.580. The van der Waals surface area contributed by atoms with E-state index in [-0.39, 0.29) is 11.8 Å². The Morgan fingerprint density at radius 2 is 1.58 bits per heavy atom. The first-order chi connectivity index (χ1) is 12.7. The van der Waals surface area contributed by atoms with Gasteiger partial charge in [-0.2, -0.15) is 0 Å². The molecule has 26 heavy (non-hydrogen) atoms. The summed E-state index contributed by atoms with van der Waals surface area (Å²) in [4.78, 5) is 12.8. The van der Waals surface area contributed by atoms with Gasteiger partial charge in [-0.05, 0) is 48.9 Å². The van der Waals surface area contributed by atoms with Crippen LogP contribution in [0.1, 0.15) is 33.9 Å². The Kier molecular flexibility index (Phi) is 5.69. The summed E-state index contributed by atoms with van der Waals surface area (Å²) in [6.07, 6.45) is 0.379. The molecule has 3 nitrogen and oxygen atoms in total. The number of ether oxygens (including phenoxy) is 1. The smallest absolute Gasteiger partial charge is 0.165 e. The molecule has 1 atom stereocenters. The lowest BCUT2D eigenvalue weighted by Gasteiger charge is -2.20. The topological polar surface area (TPSA) is 38.3 Å². The number of ketones is 1. The third-order valence-corrected chi connectivity index (χ3v) is 4.40. The van der Waals surface area contributed by atoms with E-state index in [0.717, 1.165) is 17.0 Å². The molecule has 0 fully saturated rings. The Hall–Kier alpha value is -3.07. The normalized spacial score (nSPS) is 11.6. The number of anilines is 1. The average Bonchev–Trinajstić information content (AvgIpc) is 2.69. The first-order valence-corrected chi connectivity index (χ1v) is 8.71. The number of rotatable bonds is 7. The number of carbonyl (C=O) groups is 1. The predicted octanol–water partition coefficient (Wildman–Crippen LogP) is 5.43. The van der Waals surface area contributed by atoms with Crippen LogP contribution in [0.15, 0.2) is 78.9 Å². The van der Waals surface area contributed by atoms with E-state index in [0.29, 0.717) is 12.0 Å². The average molecular weight is 345 g/mol. The van der Waals surface area contributed by atoms with Crippen molar-refractivity contribution in [2.24, 2.45) is 0 Å². The largest absolute Gasteiger partial charge is 0.497 e. The van der Waals surface area contributed by atoms with Crippen molar-refractivity contribution in [1.29, 1.82) is 0 Å². The summed E-state index contributed by atoms with van der Waals surface area (Å²) < 4.78 is 5.17. The van der Waals surface area contributed by atoms with Gasteiger partial charge in [-0.15, -0.1) is 0 Å². The van der Waals surface area contributed by atoms with E-state index >= 15 is 0 Å². The summed E-state index contributed by atoms with van der Waals surface area (Å²) in [5, 5.41) is 3.49. The molecule has 0 aromatic heterocycles. The van der Waals surface area contributed by atoms with Gasteiger partial charge in [0.1, 0.15) is 5.75 Å². The van der Waals surface area contributed by atoms with E-state index in [4.69, 9.17) is 4.74 Å². The standard InChI is InChI=1S/C23H23NO2/c1-17-8-10-18(11-9-17)22(24-20-6-4-3-5-7-20)16-23(25)19-12-14-21(26-2)15-13-19/h3-15,22,24H,16H2,1-2H3. The Morgan fingerprint density at radius 1 is 0.923 bits per heavy atom. The van der Waals surface area contributed by atoms with Crippen molar-refractivity contribution in [2.75, 3.05) is 12.4 Å². The molecular weight excluding hydrogens is 322 g/mol. The van der Waals surface area contributed by atoms with Crippen molar-refractivity contribution >= 4 is 11.5 Å². The van der Waals surface area contributed by atoms with Gasteiger partial charge in [-0.25, -0.2) is 0 Å². The zero-order chi connectivity index (χ0) is 18.4. The summed E-state index contributed by atoms with van der Waals surface area (Å²) in [6, 6.07) is 25.5. The number of methoxy groups -OCH3 is 1. The molecule has 0 radical (unpaired) electrons. The third kappa shape index (κ3) is 4.51. The fraction of sp³-hybridized carbons (Fsp3) is 0.174. The Balaban J connectivity index is 1.82. The van der Waals surface area contributed by atoms with Gasteiger partial charge in [-0.3, -0.25) is 4.79 Å². The molecule has 3 aromatic carbocycles. The molecule has 0 aliphatic heterocycles. The first-order valence-electron chi connectivity index (χ1n) is 8.71. The van der Waals surface area contributed by atoms with Crippen LogP contribution in [-0.4, -0.2) is 12.9 Å². The summed E-state index contributed by atoms with van der Waals surface area (Å²) in [6.45, 7) is 2.06. The molecule has 0 heterocycles. The maximum Gasteiger partial charge on any atom is 0.165 e. The number of aryl methyl sites for hydroxylation is 1. The lowest BCUT2D eigenvalue weighted by atomic mass is 9.97. The fourth-order valence-electron chi connectivity index (χ4n) is 2.87. The molecular formula is C23H23NO2. The second-order valence-electron chi connectivity index (χ2n) is 6.33. The molecule has 0 saturated carbocycles. The monoisotopic (exact) mass is 345 g/mol. The Morgan fingerprint density at radius 3 is 2.19 bits per heavy atom. The highest BCUT2D eigenvalue weighted by molar-refractivity contribution is 5.96. The van der Waals surface area contributed by atoms with E-state index in [1.54, 1.807) is 7.11 Å². The first kappa shape index (κ1) is 17.7. The van der Waals surface area contributed by atoms with Crippen LogP contribution in [0.25, 0.3) is 0 Å². The zero-order valence-corrected chi connectivity index (χ0v) is 15.1. The van der Waals surface area contributed by atoms with E-state index < -0.39 is 0 Å². The molecule has 1 N–H and O–H groups in total. The van der Waals surface area contributed by atoms with Crippen molar-refractivity contribution in [2.45, 2.75) is 19.4 Å². The minimum atomic E-state index is -0.0902. The molecule has 3 rings (SSSR count). The molecule has 3 heteroatoms. The van der Waals surface area contributed by atoms with Gasteiger partial charge in [0, 0.05) is 17.7 Å². The highest BCUT2D eigenvalue weighted by Crippen LogP contribution is 2.25. The number of hydrogen-bond acceptors (Lipinski definition) is 3. The summed E-state index contributed by atoms with van der Waals surface area (Å²) >= 11 is 0. The number of para-hydroxylation sites is 1. The maximum atomic E-state index is 12.8. The minimum Gasteiger partial charge on any atom is -0.497 e. The fourth-order valence-corrected chi connectivity index (χ4v) is 2.87. The van der Waals surface area contributed by atoms with Crippen LogP contribution in [0.3, 0.4) is 0 Å². The van der Waals surface area contributed by atoms with Gasteiger partial charge in [0.05, 0.1) is 13.2 Å². The second kappa shape index (κ2) is 8.34. The van der Waals surface area contributed by atoms with E-state index in [1.807, 2.05) is 54.6 Å². The maximum absolute atomic E-state index is 12.8. The SMILES string of the molecule is COc1ccc(C(=O)CC(Nc2ccccc2)c2ccc(C)cc2)cc1. The van der Waals surface area contributed by atoms with Crippen molar-refractivity contribution in [1.82, 2.24) is 0 Å². The highest BCUT2D eigenvalue weighted by atomic mass is 16.5. The molecule has 0 spiro atoms. The summed E-state index contributed by atoms with van der Waals surface area (Å²) in [5.74, 6) is 0.848. The van der Waals surface area contributed by atoms with Crippen molar-refractivity contribution < 1.29 is 9.53 Å².